The van der Waals surface area contributed by atoms with Crippen LogP contribution in [0.25, 0.3) is 0 Å². The summed E-state index contributed by atoms with van der Waals surface area (Å²) >= 11 is 10.5. The molecule has 82 valence electrons. The van der Waals surface area contributed by atoms with E-state index in [1.807, 2.05) is 22.0 Å². The van der Waals surface area contributed by atoms with Crippen molar-refractivity contribution >= 4 is 34.7 Å². The van der Waals surface area contributed by atoms with E-state index in [1.165, 1.54) is 0 Å². The fourth-order valence-corrected chi connectivity index (χ4v) is 2.04. The Morgan fingerprint density at radius 1 is 1.47 bits per heavy atom. The van der Waals surface area contributed by atoms with Gasteiger partial charge in [-0.25, -0.2) is 0 Å². The largest absolute Gasteiger partial charge is 0.360 e. The van der Waals surface area contributed by atoms with Gasteiger partial charge in [-0.05, 0) is 24.4 Å². The Hall–Kier alpha value is -0.940. The quantitative estimate of drug-likeness (QED) is 0.586. The molecule has 0 atom stereocenters. The van der Waals surface area contributed by atoms with Crippen LogP contribution in [0.4, 0.5) is 0 Å². The zero-order chi connectivity index (χ0) is 11.3. The van der Waals surface area contributed by atoms with E-state index in [9.17, 15) is 0 Å². The molecule has 0 bridgehead atoms. The second-order valence-corrected chi connectivity index (χ2v) is 3.90. The van der Waals surface area contributed by atoms with Crippen molar-refractivity contribution in [1.82, 2.24) is 15.1 Å². The summed E-state index contributed by atoms with van der Waals surface area (Å²) in [6.07, 6.45) is 3.64. The van der Waals surface area contributed by atoms with Gasteiger partial charge in [0.05, 0.1) is 0 Å². The number of nitrogens with zero attached hydrogens (tertiary/aromatic N) is 2. The highest BCUT2D eigenvalue weighted by Crippen LogP contribution is 2.05. The number of hydrogen-bond donors (Lipinski definition) is 1. The van der Waals surface area contributed by atoms with Gasteiger partial charge in [-0.15, -0.1) is 13.2 Å². The van der Waals surface area contributed by atoms with Crippen LogP contribution in [0, 0.1) is 0 Å². The van der Waals surface area contributed by atoms with Gasteiger partial charge in [-0.2, -0.15) is 0 Å². The van der Waals surface area contributed by atoms with E-state index in [4.69, 9.17) is 24.4 Å². The third-order valence-electron chi connectivity index (χ3n) is 2.06. The smallest absolute Gasteiger partial charge is 0.178 e. The van der Waals surface area contributed by atoms with Crippen LogP contribution in [-0.2, 0) is 0 Å². The second-order valence-electron chi connectivity index (χ2n) is 3.15. The maximum Gasteiger partial charge on any atom is 0.178 e. The number of nitrogens with one attached hydrogen (secondary N) is 1. The Bertz CT molecular complexity index is 278. The summed E-state index contributed by atoms with van der Waals surface area (Å²) < 4.78 is 0. The van der Waals surface area contributed by atoms with E-state index in [0.717, 1.165) is 18.2 Å². The molecule has 1 fully saturated rings. The van der Waals surface area contributed by atoms with E-state index < -0.39 is 0 Å². The Balaban J connectivity index is 2.65. The molecule has 1 heterocycles. The van der Waals surface area contributed by atoms with Gasteiger partial charge in [0.1, 0.15) is 0 Å². The van der Waals surface area contributed by atoms with Crippen LogP contribution in [0.5, 0.6) is 0 Å². The first-order valence-corrected chi connectivity index (χ1v) is 5.58. The Morgan fingerprint density at radius 3 is 2.47 bits per heavy atom. The lowest BCUT2D eigenvalue weighted by atomic mass is 10.4. The molecule has 3 nitrogen and oxygen atoms in total. The minimum absolute atomic E-state index is 0.707. The maximum absolute atomic E-state index is 5.37. The van der Waals surface area contributed by atoms with E-state index in [1.54, 1.807) is 0 Å². The molecule has 1 saturated heterocycles. The van der Waals surface area contributed by atoms with Crippen molar-refractivity contribution in [3.63, 3.8) is 0 Å². The molecule has 0 aromatic carbocycles. The molecule has 0 spiro atoms. The van der Waals surface area contributed by atoms with Crippen LogP contribution < -0.4 is 5.32 Å². The molecule has 0 saturated carbocycles. The van der Waals surface area contributed by atoms with Crippen LogP contribution >= 0.6 is 24.4 Å². The van der Waals surface area contributed by atoms with E-state index in [-0.39, 0.29) is 0 Å². The van der Waals surface area contributed by atoms with Gasteiger partial charge in [0, 0.05) is 26.2 Å². The summed E-state index contributed by atoms with van der Waals surface area (Å²) in [7, 11) is 0. The van der Waals surface area contributed by atoms with Crippen molar-refractivity contribution in [2.75, 3.05) is 26.2 Å². The zero-order valence-electron chi connectivity index (χ0n) is 8.61. The Kier molecular flexibility index (Phi) is 4.71. The predicted molar refractivity (Wildman–Crippen MR) is 71.9 cm³/mol. The van der Waals surface area contributed by atoms with Gasteiger partial charge < -0.3 is 10.2 Å². The summed E-state index contributed by atoms with van der Waals surface area (Å²) in [5, 5.41) is 4.53. The van der Waals surface area contributed by atoms with Crippen molar-refractivity contribution < 1.29 is 0 Å². The summed E-state index contributed by atoms with van der Waals surface area (Å²) in [6, 6.07) is 0. The van der Waals surface area contributed by atoms with Crippen molar-refractivity contribution in [3.05, 3.63) is 25.3 Å². The van der Waals surface area contributed by atoms with E-state index in [0.29, 0.717) is 18.2 Å². The molecule has 0 aliphatic carbocycles. The van der Waals surface area contributed by atoms with Gasteiger partial charge in [0.2, 0.25) is 0 Å². The summed E-state index contributed by atoms with van der Waals surface area (Å²) in [5.74, 6) is 0. The normalized spacial score (nSPS) is 14.7. The molecule has 1 rings (SSSR count). The third kappa shape index (κ3) is 3.00. The molecule has 0 amide bonds. The lowest BCUT2D eigenvalue weighted by Crippen LogP contribution is -2.44. The zero-order valence-corrected chi connectivity index (χ0v) is 10.2. The molecular weight excluding hydrogens is 226 g/mol. The first kappa shape index (κ1) is 12.1. The van der Waals surface area contributed by atoms with Crippen LogP contribution in [0.3, 0.4) is 0 Å². The fourth-order valence-electron chi connectivity index (χ4n) is 1.37. The molecule has 1 aliphatic heterocycles. The lowest BCUT2D eigenvalue weighted by molar-refractivity contribution is 0.462. The SMILES string of the molecule is C=CCN(CC=C)C(=S)N1CCNC1=S. The number of thiocarbonyl (C=S) groups is 2. The van der Waals surface area contributed by atoms with Crippen molar-refractivity contribution in [1.29, 1.82) is 0 Å². The standard InChI is InChI=1S/C10H15N3S2/c1-3-6-12(7-4-2)10(15)13-8-5-11-9(13)14/h3-4H,1-2,5-8H2,(H,11,14). The van der Waals surface area contributed by atoms with Gasteiger partial charge in [0.25, 0.3) is 0 Å². The first-order chi connectivity index (χ1) is 7.20. The number of hydrogen-bond acceptors (Lipinski definition) is 2. The van der Waals surface area contributed by atoms with Crippen molar-refractivity contribution in [3.8, 4) is 0 Å². The topological polar surface area (TPSA) is 18.5 Å². The molecule has 0 aromatic rings. The Morgan fingerprint density at radius 2 is 2.07 bits per heavy atom. The summed E-state index contributed by atoms with van der Waals surface area (Å²) in [5.41, 5.74) is 0. The van der Waals surface area contributed by atoms with Crippen LogP contribution in [0.15, 0.2) is 25.3 Å². The van der Waals surface area contributed by atoms with E-state index >= 15 is 0 Å². The molecular formula is C10H15N3S2. The average molecular weight is 241 g/mol. The summed E-state index contributed by atoms with van der Waals surface area (Å²) in [6.45, 7) is 10.5. The van der Waals surface area contributed by atoms with Crippen molar-refractivity contribution in [2.24, 2.45) is 0 Å². The van der Waals surface area contributed by atoms with Crippen LogP contribution in [-0.4, -0.2) is 46.2 Å². The molecule has 5 heteroatoms. The predicted octanol–water partition coefficient (Wildman–Crippen LogP) is 1.14. The highest BCUT2D eigenvalue weighted by molar-refractivity contribution is 7.81. The highest BCUT2D eigenvalue weighted by Gasteiger charge is 2.22. The molecule has 15 heavy (non-hydrogen) atoms. The first-order valence-electron chi connectivity index (χ1n) is 4.76. The molecule has 0 radical (unpaired) electrons. The minimum atomic E-state index is 0.707. The molecule has 1 N–H and O–H groups in total. The molecule has 0 aromatic heterocycles. The van der Waals surface area contributed by atoms with Crippen LogP contribution in [0.2, 0.25) is 0 Å². The summed E-state index contributed by atoms with van der Waals surface area (Å²) in [4.78, 5) is 3.94. The van der Waals surface area contributed by atoms with Gasteiger partial charge in [0.15, 0.2) is 10.2 Å². The minimum Gasteiger partial charge on any atom is -0.360 e. The lowest BCUT2D eigenvalue weighted by Gasteiger charge is -2.28. The Labute approximate surface area is 101 Å². The fraction of sp³-hybridized carbons (Fsp3) is 0.400. The third-order valence-corrected chi connectivity index (χ3v) is 2.90. The maximum atomic E-state index is 5.37. The van der Waals surface area contributed by atoms with Gasteiger partial charge in [-0.3, -0.25) is 4.90 Å². The van der Waals surface area contributed by atoms with Gasteiger partial charge in [-0.1, -0.05) is 12.2 Å². The molecule has 0 unspecified atom stereocenters. The molecule has 1 aliphatic rings. The van der Waals surface area contributed by atoms with Crippen LogP contribution in [0.1, 0.15) is 0 Å². The average Bonchev–Trinajstić information content (AvgIpc) is 2.63. The van der Waals surface area contributed by atoms with E-state index in [2.05, 4.69) is 18.5 Å². The van der Waals surface area contributed by atoms with Gasteiger partial charge >= 0.3 is 0 Å². The number of rotatable bonds is 4. The second kappa shape index (κ2) is 5.82. The van der Waals surface area contributed by atoms with Crippen molar-refractivity contribution in [2.45, 2.75) is 0 Å². The highest BCUT2D eigenvalue weighted by atomic mass is 32.1. The monoisotopic (exact) mass is 241 g/mol.